The van der Waals surface area contributed by atoms with E-state index in [2.05, 4.69) is 17.9 Å². The van der Waals surface area contributed by atoms with Crippen molar-refractivity contribution in [1.29, 1.82) is 0 Å². The highest BCUT2D eigenvalue weighted by molar-refractivity contribution is 5.08. The third-order valence-corrected chi connectivity index (χ3v) is 2.72. The summed E-state index contributed by atoms with van der Waals surface area (Å²) in [6, 6.07) is 0. The zero-order valence-corrected chi connectivity index (χ0v) is 7.34. The third kappa shape index (κ3) is 2.06. The van der Waals surface area contributed by atoms with Crippen LogP contribution in [-0.2, 0) is 0 Å². The van der Waals surface area contributed by atoms with E-state index in [1.54, 1.807) is 5.57 Å². The van der Waals surface area contributed by atoms with Gasteiger partial charge in [0.2, 0.25) is 0 Å². The Morgan fingerprint density at radius 3 is 2.91 bits per heavy atom. The summed E-state index contributed by atoms with van der Waals surface area (Å²) >= 11 is 0. The number of rotatable bonds is 3. The van der Waals surface area contributed by atoms with Gasteiger partial charge in [0.05, 0.1) is 0 Å². The van der Waals surface area contributed by atoms with E-state index in [4.69, 9.17) is 0 Å². The van der Waals surface area contributed by atoms with Crippen LogP contribution in [0.2, 0.25) is 0 Å². The fourth-order valence-electron chi connectivity index (χ4n) is 1.71. The second kappa shape index (κ2) is 2.98. The summed E-state index contributed by atoms with van der Waals surface area (Å²) < 4.78 is 0. The fourth-order valence-corrected chi connectivity index (χ4v) is 1.71. The van der Waals surface area contributed by atoms with Gasteiger partial charge in [-0.25, -0.2) is 0 Å². The van der Waals surface area contributed by atoms with Crippen LogP contribution in [0.4, 0.5) is 0 Å². The summed E-state index contributed by atoms with van der Waals surface area (Å²) in [5, 5.41) is 0. The highest BCUT2D eigenvalue weighted by atomic mass is 15.1. The second-order valence-electron chi connectivity index (χ2n) is 4.02. The molecule has 2 aliphatic rings. The van der Waals surface area contributed by atoms with Crippen LogP contribution in [0.5, 0.6) is 0 Å². The molecule has 1 aliphatic carbocycles. The predicted octanol–water partition coefficient (Wildman–Crippen LogP) is 2.05. The van der Waals surface area contributed by atoms with Crippen molar-refractivity contribution in [1.82, 2.24) is 4.90 Å². The first kappa shape index (κ1) is 7.35. The number of nitrogens with zero attached hydrogens (tertiary/aromatic N) is 1. The second-order valence-corrected chi connectivity index (χ2v) is 4.02. The molecule has 0 aromatic rings. The molecule has 0 radical (unpaired) electrons. The quantitative estimate of drug-likeness (QED) is 0.558. The Balaban J connectivity index is 1.64. The van der Waals surface area contributed by atoms with Gasteiger partial charge >= 0.3 is 0 Å². The van der Waals surface area contributed by atoms with Gasteiger partial charge in [-0.15, -0.1) is 0 Å². The summed E-state index contributed by atoms with van der Waals surface area (Å²) in [5.74, 6) is 1.09. The first-order valence-corrected chi connectivity index (χ1v) is 4.72. The van der Waals surface area contributed by atoms with Gasteiger partial charge in [-0.1, -0.05) is 24.5 Å². The molecule has 0 amide bonds. The minimum absolute atomic E-state index is 1.09. The maximum atomic E-state index is 2.55. The summed E-state index contributed by atoms with van der Waals surface area (Å²) in [4.78, 5) is 2.55. The molecular weight excluding hydrogens is 134 g/mol. The minimum atomic E-state index is 1.09. The lowest BCUT2D eigenvalue weighted by molar-refractivity contribution is 0.335. The number of hydrogen-bond donors (Lipinski definition) is 0. The molecule has 1 nitrogen and oxygen atoms in total. The Kier molecular flexibility index (Phi) is 1.99. The maximum absolute atomic E-state index is 2.55. The van der Waals surface area contributed by atoms with Crippen LogP contribution in [0.25, 0.3) is 0 Å². The van der Waals surface area contributed by atoms with E-state index < -0.39 is 0 Å². The Morgan fingerprint density at radius 1 is 1.55 bits per heavy atom. The third-order valence-electron chi connectivity index (χ3n) is 2.72. The zero-order chi connectivity index (χ0) is 7.68. The van der Waals surface area contributed by atoms with Gasteiger partial charge in [0, 0.05) is 13.1 Å². The molecule has 1 heterocycles. The minimum Gasteiger partial charge on any atom is -0.296 e. The molecule has 0 atom stereocenters. The van der Waals surface area contributed by atoms with Gasteiger partial charge < -0.3 is 0 Å². The molecule has 1 aliphatic heterocycles. The van der Waals surface area contributed by atoms with Crippen molar-refractivity contribution in [3.05, 3.63) is 11.6 Å². The van der Waals surface area contributed by atoms with E-state index in [1.165, 1.54) is 38.9 Å². The van der Waals surface area contributed by atoms with E-state index in [9.17, 15) is 0 Å². The van der Waals surface area contributed by atoms with Crippen LogP contribution in [0.3, 0.4) is 0 Å². The average molecular weight is 151 g/mol. The smallest absolute Gasteiger partial charge is 0.0193 e. The molecule has 0 aromatic heterocycles. The summed E-state index contributed by atoms with van der Waals surface area (Å²) in [6.45, 7) is 6.00. The monoisotopic (exact) mass is 151 g/mol. The largest absolute Gasteiger partial charge is 0.296 e. The molecule has 0 spiro atoms. The average Bonchev–Trinajstić information content (AvgIpc) is 2.72. The van der Waals surface area contributed by atoms with Crippen molar-refractivity contribution in [2.24, 2.45) is 5.92 Å². The molecule has 0 aromatic carbocycles. The van der Waals surface area contributed by atoms with Crippen molar-refractivity contribution < 1.29 is 0 Å². The van der Waals surface area contributed by atoms with Gasteiger partial charge in [-0.2, -0.15) is 0 Å². The Labute approximate surface area is 69.1 Å². The van der Waals surface area contributed by atoms with E-state index in [0.29, 0.717) is 0 Å². The van der Waals surface area contributed by atoms with Crippen molar-refractivity contribution in [3.8, 4) is 0 Å². The molecule has 1 fully saturated rings. The van der Waals surface area contributed by atoms with Gasteiger partial charge in [0.25, 0.3) is 0 Å². The van der Waals surface area contributed by atoms with E-state index in [-0.39, 0.29) is 0 Å². The summed E-state index contributed by atoms with van der Waals surface area (Å²) in [6.07, 6.45) is 6.80. The van der Waals surface area contributed by atoms with Gasteiger partial charge in [0.15, 0.2) is 0 Å². The SMILES string of the molecule is CC1=CCN(CCC2CC2)C1. The van der Waals surface area contributed by atoms with E-state index in [1.807, 2.05) is 0 Å². The molecule has 0 bridgehead atoms. The Morgan fingerprint density at radius 2 is 2.36 bits per heavy atom. The topological polar surface area (TPSA) is 3.24 Å². The lowest BCUT2D eigenvalue weighted by Gasteiger charge is -2.14. The van der Waals surface area contributed by atoms with Gasteiger partial charge in [-0.3, -0.25) is 4.90 Å². The predicted molar refractivity (Wildman–Crippen MR) is 47.5 cm³/mol. The zero-order valence-electron chi connectivity index (χ0n) is 7.34. The molecule has 0 unspecified atom stereocenters. The summed E-state index contributed by atoms with van der Waals surface area (Å²) in [7, 11) is 0. The van der Waals surface area contributed by atoms with Crippen molar-refractivity contribution >= 4 is 0 Å². The van der Waals surface area contributed by atoms with E-state index >= 15 is 0 Å². The van der Waals surface area contributed by atoms with Crippen LogP contribution >= 0.6 is 0 Å². The molecule has 2 rings (SSSR count). The molecule has 11 heavy (non-hydrogen) atoms. The Bertz CT molecular complexity index is 168. The van der Waals surface area contributed by atoms with Crippen molar-refractivity contribution in [2.45, 2.75) is 26.2 Å². The molecule has 1 heteroatoms. The standard InChI is InChI=1S/C10H17N/c1-9-4-6-11(8-9)7-5-10-2-3-10/h4,10H,2-3,5-8H2,1H3. The molecule has 1 saturated carbocycles. The lowest BCUT2D eigenvalue weighted by atomic mass is 10.3. The molecule has 0 saturated heterocycles. The highest BCUT2D eigenvalue weighted by Gasteiger charge is 2.22. The highest BCUT2D eigenvalue weighted by Crippen LogP contribution is 2.32. The van der Waals surface area contributed by atoms with Gasteiger partial charge in [0.1, 0.15) is 0 Å². The Hall–Kier alpha value is -0.300. The summed E-state index contributed by atoms with van der Waals surface area (Å²) in [5.41, 5.74) is 1.56. The van der Waals surface area contributed by atoms with Crippen LogP contribution in [0.15, 0.2) is 11.6 Å². The normalized spacial score (nSPS) is 25.7. The maximum Gasteiger partial charge on any atom is 0.0193 e. The van der Waals surface area contributed by atoms with Crippen LogP contribution < -0.4 is 0 Å². The van der Waals surface area contributed by atoms with Crippen LogP contribution in [-0.4, -0.2) is 24.5 Å². The first-order valence-electron chi connectivity index (χ1n) is 4.72. The van der Waals surface area contributed by atoms with Gasteiger partial charge in [-0.05, 0) is 25.8 Å². The van der Waals surface area contributed by atoms with E-state index in [0.717, 1.165) is 5.92 Å². The molecule has 62 valence electrons. The fraction of sp³-hybridized carbons (Fsp3) is 0.800. The lowest BCUT2D eigenvalue weighted by Crippen LogP contribution is -2.22. The molecule has 0 N–H and O–H groups in total. The van der Waals surface area contributed by atoms with Crippen LogP contribution in [0, 0.1) is 5.92 Å². The van der Waals surface area contributed by atoms with Crippen molar-refractivity contribution in [3.63, 3.8) is 0 Å². The van der Waals surface area contributed by atoms with Crippen LogP contribution in [0.1, 0.15) is 26.2 Å². The molecular formula is C10H17N. The van der Waals surface area contributed by atoms with Crippen molar-refractivity contribution in [2.75, 3.05) is 19.6 Å². The first-order chi connectivity index (χ1) is 5.34. The number of hydrogen-bond acceptors (Lipinski definition) is 1.